The SMILES string of the molecule is Clc1ccc(C(Br)c2cc(Br)sc2Br)c(Cl)c1. The minimum Gasteiger partial charge on any atom is -0.121 e. The predicted octanol–water partition coefficient (Wildman–Crippen LogP) is 7.06. The Balaban J connectivity index is 2.43. The van der Waals surface area contributed by atoms with E-state index in [9.17, 15) is 0 Å². The van der Waals surface area contributed by atoms with Crippen molar-refractivity contribution in [3.63, 3.8) is 0 Å². The van der Waals surface area contributed by atoms with Crippen LogP contribution in [-0.2, 0) is 0 Å². The lowest BCUT2D eigenvalue weighted by Crippen LogP contribution is -1.92. The van der Waals surface area contributed by atoms with Gasteiger partial charge in [-0.2, -0.15) is 0 Å². The number of thiophene rings is 1. The average molecular weight is 480 g/mol. The van der Waals surface area contributed by atoms with Gasteiger partial charge in [0.15, 0.2) is 0 Å². The van der Waals surface area contributed by atoms with Crippen LogP contribution in [0.4, 0.5) is 0 Å². The molecule has 17 heavy (non-hydrogen) atoms. The summed E-state index contributed by atoms with van der Waals surface area (Å²) in [6.45, 7) is 0. The average Bonchev–Trinajstić information content (AvgIpc) is 2.57. The molecule has 0 amide bonds. The molecule has 1 atom stereocenters. The number of benzene rings is 1. The fourth-order valence-electron chi connectivity index (χ4n) is 1.40. The summed E-state index contributed by atoms with van der Waals surface area (Å²) in [7, 11) is 0. The largest absolute Gasteiger partial charge is 0.121 e. The van der Waals surface area contributed by atoms with E-state index < -0.39 is 0 Å². The van der Waals surface area contributed by atoms with Crippen molar-refractivity contribution in [1.29, 1.82) is 0 Å². The number of alkyl halides is 1. The van der Waals surface area contributed by atoms with Gasteiger partial charge >= 0.3 is 0 Å². The first kappa shape index (κ1) is 14.4. The van der Waals surface area contributed by atoms with Gasteiger partial charge in [0, 0.05) is 10.0 Å². The van der Waals surface area contributed by atoms with Crippen LogP contribution in [0.25, 0.3) is 0 Å². The van der Waals surface area contributed by atoms with E-state index in [0.29, 0.717) is 10.0 Å². The van der Waals surface area contributed by atoms with Crippen molar-refractivity contribution in [3.8, 4) is 0 Å². The summed E-state index contributed by atoms with van der Waals surface area (Å²) in [6.07, 6.45) is 0. The topological polar surface area (TPSA) is 0 Å². The van der Waals surface area contributed by atoms with Gasteiger partial charge in [0.05, 0.1) is 12.4 Å². The number of rotatable bonds is 2. The van der Waals surface area contributed by atoms with Crippen molar-refractivity contribution in [2.75, 3.05) is 0 Å². The van der Waals surface area contributed by atoms with E-state index in [-0.39, 0.29) is 4.83 Å². The lowest BCUT2D eigenvalue weighted by atomic mass is 10.1. The molecule has 0 N–H and O–H groups in total. The van der Waals surface area contributed by atoms with Gasteiger partial charge in [-0.15, -0.1) is 11.3 Å². The second kappa shape index (κ2) is 5.93. The normalized spacial score (nSPS) is 12.8. The molecule has 0 aliphatic rings. The first-order chi connectivity index (χ1) is 7.99. The highest BCUT2D eigenvalue weighted by atomic mass is 79.9. The lowest BCUT2D eigenvalue weighted by Gasteiger charge is -2.11. The summed E-state index contributed by atoms with van der Waals surface area (Å²) in [5, 5.41) is 1.30. The Labute approximate surface area is 139 Å². The highest BCUT2D eigenvalue weighted by Gasteiger charge is 2.18. The van der Waals surface area contributed by atoms with Crippen LogP contribution in [0.15, 0.2) is 31.8 Å². The quantitative estimate of drug-likeness (QED) is 0.404. The van der Waals surface area contributed by atoms with E-state index in [1.54, 1.807) is 17.4 Å². The maximum absolute atomic E-state index is 6.20. The fraction of sp³-hybridized carbons (Fsp3) is 0.0909. The van der Waals surface area contributed by atoms with Gasteiger partial charge in [-0.1, -0.05) is 45.2 Å². The molecule has 0 fully saturated rings. The molecular formula is C11H5Br3Cl2S. The summed E-state index contributed by atoms with van der Waals surface area (Å²) in [5.74, 6) is 0. The zero-order valence-corrected chi connectivity index (χ0v) is 15.3. The number of hydrogen-bond donors (Lipinski definition) is 0. The molecule has 6 heteroatoms. The molecule has 2 aromatic rings. The Morgan fingerprint density at radius 2 is 1.76 bits per heavy atom. The molecule has 0 saturated heterocycles. The molecule has 0 nitrogen and oxygen atoms in total. The maximum Gasteiger partial charge on any atom is 0.0757 e. The molecule has 0 aliphatic carbocycles. The van der Waals surface area contributed by atoms with E-state index in [1.807, 2.05) is 12.1 Å². The first-order valence-electron chi connectivity index (χ1n) is 4.53. The highest BCUT2D eigenvalue weighted by Crippen LogP contribution is 2.43. The van der Waals surface area contributed by atoms with Crippen molar-refractivity contribution >= 4 is 82.3 Å². The van der Waals surface area contributed by atoms with Crippen molar-refractivity contribution < 1.29 is 0 Å². The monoisotopic (exact) mass is 476 g/mol. The fourth-order valence-corrected chi connectivity index (χ4v) is 6.17. The third kappa shape index (κ3) is 3.28. The highest BCUT2D eigenvalue weighted by molar-refractivity contribution is 9.12. The Hall–Kier alpha value is 0.940. The van der Waals surface area contributed by atoms with Crippen LogP contribution in [-0.4, -0.2) is 0 Å². The van der Waals surface area contributed by atoms with Gasteiger partial charge in [0.1, 0.15) is 0 Å². The smallest absolute Gasteiger partial charge is 0.0757 e. The van der Waals surface area contributed by atoms with Gasteiger partial charge < -0.3 is 0 Å². The number of halogens is 5. The second-order valence-electron chi connectivity index (χ2n) is 3.31. The Morgan fingerprint density at radius 1 is 1.06 bits per heavy atom. The van der Waals surface area contributed by atoms with Gasteiger partial charge in [0.2, 0.25) is 0 Å². The van der Waals surface area contributed by atoms with E-state index in [0.717, 1.165) is 18.7 Å². The van der Waals surface area contributed by atoms with Crippen molar-refractivity contribution in [2.24, 2.45) is 0 Å². The molecule has 0 spiro atoms. The van der Waals surface area contributed by atoms with Crippen LogP contribution in [0.2, 0.25) is 10.0 Å². The van der Waals surface area contributed by atoms with Gasteiger partial charge in [-0.25, -0.2) is 0 Å². The molecule has 90 valence electrons. The van der Waals surface area contributed by atoms with Crippen molar-refractivity contribution in [3.05, 3.63) is 53.0 Å². The van der Waals surface area contributed by atoms with Crippen LogP contribution in [0.1, 0.15) is 16.0 Å². The first-order valence-corrected chi connectivity index (χ1v) is 8.60. The van der Waals surface area contributed by atoms with E-state index in [1.165, 1.54) is 0 Å². The van der Waals surface area contributed by atoms with Crippen LogP contribution in [0, 0.1) is 0 Å². The predicted molar refractivity (Wildman–Crippen MR) is 87.0 cm³/mol. The van der Waals surface area contributed by atoms with Crippen LogP contribution >= 0.6 is 82.3 Å². The minimum absolute atomic E-state index is 0.0455. The van der Waals surface area contributed by atoms with Gasteiger partial charge in [0.25, 0.3) is 0 Å². The second-order valence-corrected chi connectivity index (χ2v) is 8.82. The molecule has 0 radical (unpaired) electrons. The third-order valence-corrected chi connectivity index (χ3v) is 6.13. The Bertz CT molecular complexity index is 554. The summed E-state index contributed by atoms with van der Waals surface area (Å²) in [4.78, 5) is 0.0455. The van der Waals surface area contributed by atoms with Gasteiger partial charge in [-0.05, 0) is 61.2 Å². The van der Waals surface area contributed by atoms with Crippen LogP contribution in [0.3, 0.4) is 0 Å². The van der Waals surface area contributed by atoms with Crippen molar-refractivity contribution in [1.82, 2.24) is 0 Å². The van der Waals surface area contributed by atoms with E-state index >= 15 is 0 Å². The standard InChI is InChI=1S/C11H5Br3Cl2S/c12-9-4-7(11(14)17-9)10(13)6-2-1-5(15)3-8(6)16/h1-4,10H. The van der Waals surface area contributed by atoms with Crippen molar-refractivity contribution in [2.45, 2.75) is 4.83 Å². The molecule has 1 aromatic heterocycles. The zero-order chi connectivity index (χ0) is 12.6. The molecular weight excluding hydrogens is 475 g/mol. The molecule has 1 unspecified atom stereocenters. The molecule has 0 saturated carbocycles. The number of hydrogen-bond acceptors (Lipinski definition) is 1. The summed E-state index contributed by atoms with van der Waals surface area (Å²) in [6, 6.07) is 7.59. The maximum atomic E-state index is 6.20. The molecule has 1 heterocycles. The lowest BCUT2D eigenvalue weighted by molar-refractivity contribution is 1.18. The van der Waals surface area contributed by atoms with Crippen LogP contribution < -0.4 is 0 Å². The molecule has 1 aromatic carbocycles. The minimum atomic E-state index is 0.0455. The third-order valence-electron chi connectivity index (χ3n) is 2.19. The van der Waals surface area contributed by atoms with Gasteiger partial charge in [-0.3, -0.25) is 0 Å². The molecule has 0 bridgehead atoms. The zero-order valence-electron chi connectivity index (χ0n) is 8.18. The van der Waals surface area contributed by atoms with E-state index in [2.05, 4.69) is 53.9 Å². The Kier molecular flexibility index (Phi) is 5.01. The van der Waals surface area contributed by atoms with Crippen LogP contribution in [0.5, 0.6) is 0 Å². The molecule has 2 rings (SSSR count). The summed E-state index contributed by atoms with van der Waals surface area (Å²) in [5.41, 5.74) is 2.15. The summed E-state index contributed by atoms with van der Waals surface area (Å²) >= 11 is 24.4. The Morgan fingerprint density at radius 3 is 2.29 bits per heavy atom. The molecule has 0 aliphatic heterocycles. The summed E-state index contributed by atoms with van der Waals surface area (Å²) < 4.78 is 2.16. The van der Waals surface area contributed by atoms with E-state index in [4.69, 9.17) is 23.2 Å².